The van der Waals surface area contributed by atoms with E-state index in [0.29, 0.717) is 17.6 Å². The van der Waals surface area contributed by atoms with Gasteiger partial charge in [-0.25, -0.2) is 13.9 Å². The van der Waals surface area contributed by atoms with Gasteiger partial charge in [-0.2, -0.15) is 0 Å². The summed E-state index contributed by atoms with van der Waals surface area (Å²) in [6, 6.07) is 0. The van der Waals surface area contributed by atoms with E-state index in [1.54, 1.807) is 18.6 Å². The Morgan fingerprint density at radius 3 is 3.00 bits per heavy atom. The van der Waals surface area contributed by atoms with Crippen molar-refractivity contribution >= 4 is 5.65 Å². The van der Waals surface area contributed by atoms with E-state index >= 15 is 0 Å². The van der Waals surface area contributed by atoms with Crippen molar-refractivity contribution in [2.75, 3.05) is 6.61 Å². The maximum atomic E-state index is 12.3. The zero-order chi connectivity index (χ0) is 14.3. The van der Waals surface area contributed by atoms with E-state index in [2.05, 4.69) is 10.1 Å². The van der Waals surface area contributed by atoms with E-state index in [1.165, 1.54) is 41.2 Å². The van der Waals surface area contributed by atoms with E-state index in [1.807, 2.05) is 0 Å². The molecule has 3 heterocycles. The molecule has 0 radical (unpaired) electrons. The Balaban J connectivity index is 1.53. The molecule has 1 saturated heterocycles. The maximum Gasteiger partial charge on any atom is 0.350 e. The molecule has 2 aromatic rings. The van der Waals surface area contributed by atoms with Crippen molar-refractivity contribution in [2.45, 2.75) is 51.2 Å². The van der Waals surface area contributed by atoms with Gasteiger partial charge in [-0.3, -0.25) is 4.98 Å². The summed E-state index contributed by atoms with van der Waals surface area (Å²) >= 11 is 0. The van der Waals surface area contributed by atoms with Crippen LogP contribution >= 0.6 is 0 Å². The fraction of sp³-hybridized carbons (Fsp3) is 0.667. The molecule has 112 valence electrons. The summed E-state index contributed by atoms with van der Waals surface area (Å²) in [6.07, 6.45) is 12.6. The highest BCUT2D eigenvalue weighted by atomic mass is 16.5. The van der Waals surface area contributed by atoms with Crippen molar-refractivity contribution in [2.24, 2.45) is 5.41 Å². The third-order valence-electron chi connectivity index (χ3n) is 4.97. The summed E-state index contributed by atoms with van der Waals surface area (Å²) in [5, 5.41) is 4.33. The Hall–Kier alpha value is -1.69. The second-order valence-electron chi connectivity index (χ2n) is 6.47. The number of ether oxygens (including phenoxy) is 1. The third-order valence-corrected chi connectivity index (χ3v) is 4.97. The highest BCUT2D eigenvalue weighted by Crippen LogP contribution is 2.45. The van der Waals surface area contributed by atoms with Gasteiger partial charge in [0.25, 0.3) is 0 Å². The molecule has 2 aliphatic rings. The van der Waals surface area contributed by atoms with Crippen LogP contribution in [0.5, 0.6) is 0 Å². The van der Waals surface area contributed by atoms with Gasteiger partial charge in [0, 0.05) is 12.4 Å². The van der Waals surface area contributed by atoms with E-state index in [4.69, 9.17) is 4.74 Å². The monoisotopic (exact) mass is 288 g/mol. The van der Waals surface area contributed by atoms with Crippen LogP contribution < -0.4 is 5.69 Å². The van der Waals surface area contributed by atoms with Crippen molar-refractivity contribution in [1.82, 2.24) is 19.2 Å². The second kappa shape index (κ2) is 4.94. The minimum absolute atomic E-state index is 0.110. The first-order valence-electron chi connectivity index (χ1n) is 7.77. The van der Waals surface area contributed by atoms with Crippen LogP contribution in [-0.2, 0) is 11.3 Å². The smallest absolute Gasteiger partial charge is 0.350 e. The van der Waals surface area contributed by atoms with Crippen molar-refractivity contribution in [3.05, 3.63) is 29.1 Å². The van der Waals surface area contributed by atoms with Crippen molar-refractivity contribution in [3.8, 4) is 0 Å². The maximum absolute atomic E-state index is 12.3. The van der Waals surface area contributed by atoms with E-state index < -0.39 is 0 Å². The molecule has 1 aliphatic carbocycles. The quantitative estimate of drug-likeness (QED) is 0.842. The second-order valence-corrected chi connectivity index (χ2v) is 6.47. The molecule has 2 fully saturated rings. The minimum Gasteiger partial charge on any atom is -0.376 e. The number of rotatable bonds is 2. The van der Waals surface area contributed by atoms with Crippen LogP contribution in [0.15, 0.2) is 23.4 Å². The standard InChI is InChI=1S/C15H20N4O2/c20-14-18-7-6-16-9-13(18)17-19(14)10-12-8-15(11-21-12)4-2-1-3-5-15/h6-7,9,12H,1-5,8,10-11H2. The van der Waals surface area contributed by atoms with Gasteiger partial charge in [-0.1, -0.05) is 19.3 Å². The van der Waals surface area contributed by atoms with E-state index in [0.717, 1.165) is 13.0 Å². The summed E-state index contributed by atoms with van der Waals surface area (Å²) in [7, 11) is 0. The highest BCUT2D eigenvalue weighted by Gasteiger charge is 2.41. The summed E-state index contributed by atoms with van der Waals surface area (Å²) in [5.74, 6) is 0. The molecule has 0 aromatic carbocycles. The first-order valence-corrected chi connectivity index (χ1v) is 7.77. The number of fused-ring (bicyclic) bond motifs is 1. The van der Waals surface area contributed by atoms with Crippen molar-refractivity contribution in [3.63, 3.8) is 0 Å². The topological polar surface area (TPSA) is 61.4 Å². The molecule has 4 rings (SSSR count). The fourth-order valence-corrected chi connectivity index (χ4v) is 3.85. The van der Waals surface area contributed by atoms with Crippen LogP contribution in [0, 0.1) is 5.41 Å². The first kappa shape index (κ1) is 13.0. The molecule has 6 heteroatoms. The van der Waals surface area contributed by atoms with Crippen LogP contribution in [0.25, 0.3) is 5.65 Å². The Morgan fingerprint density at radius 1 is 1.33 bits per heavy atom. The minimum atomic E-state index is -0.111. The molecule has 1 saturated carbocycles. The number of hydrogen-bond acceptors (Lipinski definition) is 4. The van der Waals surface area contributed by atoms with Gasteiger partial charge in [-0.05, 0) is 24.7 Å². The first-order chi connectivity index (χ1) is 10.3. The highest BCUT2D eigenvalue weighted by molar-refractivity contribution is 5.31. The molecule has 0 N–H and O–H groups in total. The lowest BCUT2D eigenvalue weighted by Crippen LogP contribution is -2.28. The lowest BCUT2D eigenvalue weighted by atomic mass is 9.73. The van der Waals surface area contributed by atoms with Crippen LogP contribution in [-0.4, -0.2) is 31.9 Å². The van der Waals surface area contributed by atoms with Crippen LogP contribution in [0.3, 0.4) is 0 Å². The molecule has 1 atom stereocenters. The predicted molar refractivity (Wildman–Crippen MR) is 77.1 cm³/mol. The van der Waals surface area contributed by atoms with E-state index in [-0.39, 0.29) is 11.8 Å². The summed E-state index contributed by atoms with van der Waals surface area (Å²) < 4.78 is 9.02. The molecule has 0 amide bonds. The molecular formula is C15H20N4O2. The average molecular weight is 288 g/mol. The Morgan fingerprint density at radius 2 is 2.19 bits per heavy atom. The van der Waals surface area contributed by atoms with Gasteiger partial charge in [0.1, 0.15) is 0 Å². The molecule has 2 aromatic heterocycles. The zero-order valence-corrected chi connectivity index (χ0v) is 12.1. The molecule has 21 heavy (non-hydrogen) atoms. The summed E-state index contributed by atoms with van der Waals surface area (Å²) in [4.78, 5) is 16.3. The summed E-state index contributed by atoms with van der Waals surface area (Å²) in [6.45, 7) is 1.39. The third kappa shape index (κ3) is 2.27. The Bertz CT molecular complexity index is 699. The van der Waals surface area contributed by atoms with Gasteiger partial charge in [0.15, 0.2) is 5.65 Å². The Labute approximate surface area is 122 Å². The van der Waals surface area contributed by atoms with Gasteiger partial charge in [-0.15, -0.1) is 5.10 Å². The molecule has 1 aliphatic heterocycles. The molecule has 1 unspecified atom stereocenters. The van der Waals surface area contributed by atoms with Gasteiger partial charge < -0.3 is 4.74 Å². The van der Waals surface area contributed by atoms with E-state index in [9.17, 15) is 4.79 Å². The van der Waals surface area contributed by atoms with Crippen LogP contribution in [0.1, 0.15) is 38.5 Å². The van der Waals surface area contributed by atoms with Crippen molar-refractivity contribution < 1.29 is 4.74 Å². The summed E-state index contributed by atoms with van der Waals surface area (Å²) in [5.41, 5.74) is 0.848. The Kier molecular flexibility index (Phi) is 3.06. The normalized spacial score (nSPS) is 24.9. The lowest BCUT2D eigenvalue weighted by molar-refractivity contribution is 0.0733. The molecule has 1 spiro atoms. The number of aromatic nitrogens is 4. The van der Waals surface area contributed by atoms with Gasteiger partial charge in [0.2, 0.25) is 0 Å². The molecular weight excluding hydrogens is 268 g/mol. The lowest BCUT2D eigenvalue weighted by Gasteiger charge is -2.31. The molecule has 0 bridgehead atoms. The SMILES string of the molecule is O=c1n(CC2CC3(CCCCC3)CO2)nc2cnccn12. The van der Waals surface area contributed by atoms with Gasteiger partial charge >= 0.3 is 5.69 Å². The fourth-order valence-electron chi connectivity index (χ4n) is 3.85. The van der Waals surface area contributed by atoms with Crippen LogP contribution in [0.4, 0.5) is 0 Å². The zero-order valence-electron chi connectivity index (χ0n) is 12.1. The molecule has 6 nitrogen and oxygen atoms in total. The number of hydrogen-bond donors (Lipinski definition) is 0. The average Bonchev–Trinajstić information content (AvgIpc) is 3.03. The van der Waals surface area contributed by atoms with Gasteiger partial charge in [0.05, 0.1) is 25.5 Å². The van der Waals surface area contributed by atoms with Crippen LogP contribution in [0.2, 0.25) is 0 Å². The largest absolute Gasteiger partial charge is 0.376 e. The number of nitrogens with zero attached hydrogens (tertiary/aromatic N) is 4. The predicted octanol–water partition coefficient (Wildman–Crippen LogP) is 1.63. The van der Waals surface area contributed by atoms with Crippen molar-refractivity contribution in [1.29, 1.82) is 0 Å².